The zero-order chi connectivity index (χ0) is 20.7. The molecule has 0 radical (unpaired) electrons. The highest BCUT2D eigenvalue weighted by molar-refractivity contribution is 6.00. The number of esters is 1. The van der Waals surface area contributed by atoms with Gasteiger partial charge in [-0.1, -0.05) is 29.8 Å². The largest absolute Gasteiger partial charge is 0.497 e. The van der Waals surface area contributed by atoms with Crippen molar-refractivity contribution in [2.75, 3.05) is 19.0 Å². The average Bonchev–Trinajstić information content (AvgIpc) is 2.67. The summed E-state index contributed by atoms with van der Waals surface area (Å²) in [5.41, 5.74) is 4.05. The predicted octanol–water partition coefficient (Wildman–Crippen LogP) is 3.71. The summed E-state index contributed by atoms with van der Waals surface area (Å²) < 4.78 is 10.1. The molecule has 0 aromatic heterocycles. The highest BCUT2D eigenvalue weighted by atomic mass is 16.5. The summed E-state index contributed by atoms with van der Waals surface area (Å²) in [6.45, 7) is 5.28. The van der Waals surface area contributed by atoms with Crippen LogP contribution in [0.4, 0.5) is 5.69 Å². The van der Waals surface area contributed by atoms with Crippen molar-refractivity contribution in [1.29, 1.82) is 5.26 Å². The summed E-state index contributed by atoms with van der Waals surface area (Å²) in [5.74, 6) is -0.734. The monoisotopic (exact) mass is 378 g/mol. The summed E-state index contributed by atoms with van der Waals surface area (Å²) in [5, 5.41) is 12.0. The van der Waals surface area contributed by atoms with Crippen LogP contribution in [-0.4, -0.2) is 25.6 Å². The van der Waals surface area contributed by atoms with Gasteiger partial charge in [0.25, 0.3) is 5.91 Å². The first kappa shape index (κ1) is 20.7. The molecule has 0 atom stereocenters. The molecule has 2 rings (SSSR count). The van der Waals surface area contributed by atoms with Crippen LogP contribution in [0.1, 0.15) is 22.3 Å². The zero-order valence-corrected chi connectivity index (χ0v) is 16.3. The number of anilines is 1. The fourth-order valence-electron chi connectivity index (χ4n) is 2.80. The molecule has 0 fully saturated rings. The normalized spacial score (nSPS) is 10.8. The lowest BCUT2D eigenvalue weighted by atomic mass is 10.1. The number of hydrogen-bond acceptors (Lipinski definition) is 5. The zero-order valence-electron chi connectivity index (χ0n) is 16.3. The smallest absolute Gasteiger partial charge is 0.349 e. The molecule has 6 nitrogen and oxygen atoms in total. The first-order valence-electron chi connectivity index (χ1n) is 8.64. The van der Waals surface area contributed by atoms with Crippen LogP contribution in [0.25, 0.3) is 6.08 Å². The van der Waals surface area contributed by atoms with Gasteiger partial charge in [0, 0.05) is 5.69 Å². The van der Waals surface area contributed by atoms with Crippen molar-refractivity contribution >= 4 is 23.6 Å². The number of rotatable bonds is 6. The van der Waals surface area contributed by atoms with Crippen molar-refractivity contribution in [3.63, 3.8) is 0 Å². The van der Waals surface area contributed by atoms with Gasteiger partial charge in [0.15, 0.2) is 6.61 Å². The third-order valence-electron chi connectivity index (χ3n) is 4.02. The number of nitrogens with one attached hydrogen (secondary N) is 1. The van der Waals surface area contributed by atoms with Crippen LogP contribution in [-0.2, 0) is 14.3 Å². The Bertz CT molecular complexity index is 948. The lowest BCUT2D eigenvalue weighted by Crippen LogP contribution is -2.22. The van der Waals surface area contributed by atoms with Gasteiger partial charge < -0.3 is 14.8 Å². The number of aryl methyl sites for hydroxylation is 3. The summed E-state index contributed by atoms with van der Waals surface area (Å²) >= 11 is 0. The first-order valence-corrected chi connectivity index (χ1v) is 8.64. The molecule has 0 saturated heterocycles. The molecule has 0 aliphatic carbocycles. The van der Waals surface area contributed by atoms with Crippen LogP contribution < -0.4 is 10.1 Å². The van der Waals surface area contributed by atoms with E-state index in [1.54, 1.807) is 30.3 Å². The predicted molar refractivity (Wildman–Crippen MR) is 107 cm³/mol. The van der Waals surface area contributed by atoms with Crippen LogP contribution in [0.5, 0.6) is 5.75 Å². The number of nitrogens with zero attached hydrogens (tertiary/aromatic N) is 1. The van der Waals surface area contributed by atoms with Gasteiger partial charge in [0.1, 0.15) is 17.4 Å². The quantitative estimate of drug-likeness (QED) is 0.470. The van der Waals surface area contributed by atoms with Crippen LogP contribution in [0, 0.1) is 32.1 Å². The second kappa shape index (κ2) is 9.38. The fraction of sp³-hybridized carbons (Fsp3) is 0.227. The van der Waals surface area contributed by atoms with Gasteiger partial charge in [-0.15, -0.1) is 0 Å². The molecule has 0 aliphatic heterocycles. The topological polar surface area (TPSA) is 88.4 Å². The third-order valence-corrected chi connectivity index (χ3v) is 4.02. The minimum Gasteiger partial charge on any atom is -0.497 e. The summed E-state index contributed by atoms with van der Waals surface area (Å²) in [4.78, 5) is 24.3. The molecule has 1 amide bonds. The van der Waals surface area contributed by atoms with Crippen LogP contribution in [0.2, 0.25) is 0 Å². The molecular weight excluding hydrogens is 356 g/mol. The van der Waals surface area contributed by atoms with E-state index in [0.29, 0.717) is 17.0 Å². The fourth-order valence-corrected chi connectivity index (χ4v) is 2.80. The molecule has 0 saturated carbocycles. The maximum absolute atomic E-state index is 12.2. The van der Waals surface area contributed by atoms with E-state index in [1.165, 1.54) is 13.2 Å². The Hall–Kier alpha value is -3.59. The molecule has 1 N–H and O–H groups in total. The van der Waals surface area contributed by atoms with Gasteiger partial charge in [-0.2, -0.15) is 5.26 Å². The van der Waals surface area contributed by atoms with Gasteiger partial charge in [-0.3, -0.25) is 4.79 Å². The Morgan fingerprint density at radius 1 is 1.14 bits per heavy atom. The maximum atomic E-state index is 12.2. The van der Waals surface area contributed by atoms with E-state index in [0.717, 1.165) is 16.7 Å². The SMILES string of the molecule is COc1cccc(/C=C(\C#N)C(=O)OCC(=O)Nc2c(C)cc(C)cc2C)c1. The molecule has 144 valence electrons. The van der Waals surface area contributed by atoms with E-state index >= 15 is 0 Å². The van der Waals surface area contributed by atoms with E-state index in [4.69, 9.17) is 9.47 Å². The van der Waals surface area contributed by atoms with Crippen molar-refractivity contribution in [3.8, 4) is 11.8 Å². The standard InChI is InChI=1S/C22H22N2O4/c1-14-8-15(2)21(16(3)9-14)24-20(25)13-28-22(26)18(12-23)10-17-6-5-7-19(11-17)27-4/h5-11H,13H2,1-4H3,(H,24,25)/b18-10+. The van der Waals surface area contributed by atoms with Crippen LogP contribution in [0.15, 0.2) is 42.0 Å². The third kappa shape index (κ3) is 5.45. The number of hydrogen-bond donors (Lipinski definition) is 1. The van der Waals surface area contributed by atoms with Gasteiger partial charge >= 0.3 is 5.97 Å². The van der Waals surface area contributed by atoms with Crippen molar-refractivity contribution in [2.45, 2.75) is 20.8 Å². The number of methoxy groups -OCH3 is 1. The summed E-state index contributed by atoms with van der Waals surface area (Å²) in [6.07, 6.45) is 1.39. The van der Waals surface area contributed by atoms with Crippen molar-refractivity contribution < 1.29 is 19.1 Å². The Morgan fingerprint density at radius 3 is 2.43 bits per heavy atom. The molecule has 0 spiro atoms. The lowest BCUT2D eigenvalue weighted by Gasteiger charge is -2.13. The number of ether oxygens (including phenoxy) is 2. The van der Waals surface area contributed by atoms with E-state index in [9.17, 15) is 14.9 Å². The minimum absolute atomic E-state index is 0.205. The lowest BCUT2D eigenvalue weighted by molar-refractivity contribution is -0.142. The second-order valence-electron chi connectivity index (χ2n) is 6.34. The van der Waals surface area contributed by atoms with Crippen molar-refractivity contribution in [1.82, 2.24) is 0 Å². The summed E-state index contributed by atoms with van der Waals surface area (Å²) in [6, 6.07) is 12.6. The van der Waals surface area contributed by atoms with E-state index in [1.807, 2.05) is 32.9 Å². The number of amides is 1. The highest BCUT2D eigenvalue weighted by Crippen LogP contribution is 2.22. The number of carbonyl (C=O) groups excluding carboxylic acids is 2. The Balaban J connectivity index is 2.02. The Morgan fingerprint density at radius 2 is 1.82 bits per heavy atom. The van der Waals surface area contributed by atoms with Gasteiger partial charge in [-0.05, 0) is 55.7 Å². The number of carbonyl (C=O) groups is 2. The Labute approximate surface area is 164 Å². The summed E-state index contributed by atoms with van der Waals surface area (Å²) in [7, 11) is 1.53. The molecule has 0 heterocycles. The highest BCUT2D eigenvalue weighted by Gasteiger charge is 2.15. The minimum atomic E-state index is -0.863. The van der Waals surface area contributed by atoms with E-state index in [-0.39, 0.29) is 5.57 Å². The first-order chi connectivity index (χ1) is 13.3. The van der Waals surface area contributed by atoms with Gasteiger partial charge in [0.2, 0.25) is 0 Å². The maximum Gasteiger partial charge on any atom is 0.349 e. The number of benzene rings is 2. The molecule has 0 aliphatic rings. The molecule has 0 bridgehead atoms. The molecule has 2 aromatic carbocycles. The van der Waals surface area contributed by atoms with Gasteiger partial charge in [-0.25, -0.2) is 4.79 Å². The van der Waals surface area contributed by atoms with E-state index in [2.05, 4.69) is 5.32 Å². The molecule has 6 heteroatoms. The van der Waals surface area contributed by atoms with E-state index < -0.39 is 18.5 Å². The van der Waals surface area contributed by atoms with Crippen LogP contribution in [0.3, 0.4) is 0 Å². The molecule has 28 heavy (non-hydrogen) atoms. The second-order valence-corrected chi connectivity index (χ2v) is 6.34. The van der Waals surface area contributed by atoms with Crippen molar-refractivity contribution in [3.05, 3.63) is 64.2 Å². The average molecular weight is 378 g/mol. The van der Waals surface area contributed by atoms with Crippen molar-refractivity contribution in [2.24, 2.45) is 0 Å². The van der Waals surface area contributed by atoms with Crippen LogP contribution >= 0.6 is 0 Å². The molecule has 2 aromatic rings. The molecule has 0 unspecified atom stereocenters. The Kier molecular flexibility index (Phi) is 6.94. The molecular formula is C22H22N2O4. The van der Waals surface area contributed by atoms with Gasteiger partial charge in [0.05, 0.1) is 7.11 Å². The number of nitriles is 1.